The second kappa shape index (κ2) is 7.23. The highest BCUT2D eigenvalue weighted by Crippen LogP contribution is 2.07. The average molecular weight is 286 g/mol. The van der Waals surface area contributed by atoms with Crippen molar-refractivity contribution in [3.63, 3.8) is 0 Å². The first-order chi connectivity index (χ1) is 10.1. The molecule has 1 aromatic heterocycles. The van der Waals surface area contributed by atoms with Gasteiger partial charge in [0.25, 0.3) is 5.91 Å². The van der Waals surface area contributed by atoms with Gasteiger partial charge in [0.1, 0.15) is 5.75 Å². The highest BCUT2D eigenvalue weighted by molar-refractivity contribution is 5.77. The molecule has 0 saturated heterocycles. The molecule has 21 heavy (non-hydrogen) atoms. The summed E-state index contributed by atoms with van der Waals surface area (Å²) < 4.78 is 5.37. The quantitative estimate of drug-likeness (QED) is 0.865. The molecule has 0 fully saturated rings. The molecule has 1 aromatic carbocycles. The van der Waals surface area contributed by atoms with Crippen molar-refractivity contribution in [2.75, 3.05) is 25.6 Å². The molecule has 1 amide bonds. The van der Waals surface area contributed by atoms with Gasteiger partial charge in [-0.25, -0.2) is 9.97 Å². The lowest BCUT2D eigenvalue weighted by atomic mass is 10.3. The minimum atomic E-state index is -0.191. The zero-order valence-electron chi connectivity index (χ0n) is 12.1. The Kier molecular flexibility index (Phi) is 5.09. The maximum Gasteiger partial charge on any atom is 0.258 e. The number of rotatable bonds is 6. The fourth-order valence-corrected chi connectivity index (χ4v) is 1.60. The molecule has 1 N–H and O–H groups in total. The summed E-state index contributed by atoms with van der Waals surface area (Å²) in [5.41, 5.74) is 0.752. The molecule has 0 radical (unpaired) electrons. The normalized spacial score (nSPS) is 10.0. The smallest absolute Gasteiger partial charge is 0.258 e. The SMILES string of the molecule is CN(C)c1nccc(CNC(=O)COc2ccccc2)n1. The number of ether oxygens (including phenoxy) is 1. The number of amides is 1. The second-order valence-corrected chi connectivity index (χ2v) is 4.62. The van der Waals surface area contributed by atoms with Gasteiger partial charge in [-0.05, 0) is 18.2 Å². The molecule has 0 unspecified atom stereocenters. The number of hydrogen-bond donors (Lipinski definition) is 1. The number of carbonyl (C=O) groups excluding carboxylic acids is 1. The van der Waals surface area contributed by atoms with Crippen LogP contribution in [0.25, 0.3) is 0 Å². The van der Waals surface area contributed by atoms with Crippen LogP contribution < -0.4 is 15.0 Å². The molecule has 0 aliphatic heterocycles. The summed E-state index contributed by atoms with van der Waals surface area (Å²) >= 11 is 0. The highest BCUT2D eigenvalue weighted by atomic mass is 16.5. The Morgan fingerprint density at radius 1 is 1.24 bits per heavy atom. The fraction of sp³-hybridized carbons (Fsp3) is 0.267. The largest absolute Gasteiger partial charge is 0.484 e. The van der Waals surface area contributed by atoms with Crippen molar-refractivity contribution in [3.8, 4) is 5.75 Å². The van der Waals surface area contributed by atoms with Gasteiger partial charge in [-0.2, -0.15) is 0 Å². The molecule has 0 aliphatic carbocycles. The summed E-state index contributed by atoms with van der Waals surface area (Å²) in [4.78, 5) is 22.0. The van der Waals surface area contributed by atoms with Gasteiger partial charge in [0.15, 0.2) is 6.61 Å². The van der Waals surface area contributed by atoms with E-state index >= 15 is 0 Å². The zero-order valence-corrected chi connectivity index (χ0v) is 12.1. The van der Waals surface area contributed by atoms with Gasteiger partial charge in [0.05, 0.1) is 12.2 Å². The molecule has 110 valence electrons. The lowest BCUT2D eigenvalue weighted by molar-refractivity contribution is -0.123. The maximum absolute atomic E-state index is 11.7. The van der Waals surface area contributed by atoms with Crippen molar-refractivity contribution in [2.24, 2.45) is 0 Å². The van der Waals surface area contributed by atoms with Crippen molar-refractivity contribution < 1.29 is 9.53 Å². The van der Waals surface area contributed by atoms with E-state index in [1.54, 1.807) is 24.4 Å². The van der Waals surface area contributed by atoms with Crippen LogP contribution in [-0.2, 0) is 11.3 Å². The average Bonchev–Trinajstić information content (AvgIpc) is 2.52. The van der Waals surface area contributed by atoms with E-state index in [2.05, 4.69) is 15.3 Å². The van der Waals surface area contributed by atoms with Crippen LogP contribution in [0.3, 0.4) is 0 Å². The van der Waals surface area contributed by atoms with Gasteiger partial charge >= 0.3 is 0 Å². The van der Waals surface area contributed by atoms with Gasteiger partial charge in [-0.15, -0.1) is 0 Å². The number of benzene rings is 1. The summed E-state index contributed by atoms with van der Waals surface area (Å²) in [6, 6.07) is 11.0. The second-order valence-electron chi connectivity index (χ2n) is 4.62. The Bertz CT molecular complexity index is 587. The van der Waals surface area contributed by atoms with Gasteiger partial charge in [0, 0.05) is 20.3 Å². The summed E-state index contributed by atoms with van der Waals surface area (Å²) in [5, 5.41) is 2.76. The fourth-order valence-electron chi connectivity index (χ4n) is 1.60. The van der Waals surface area contributed by atoms with Crippen LogP contribution in [0.5, 0.6) is 5.75 Å². The Morgan fingerprint density at radius 2 is 2.00 bits per heavy atom. The molecule has 2 aromatic rings. The number of nitrogens with zero attached hydrogens (tertiary/aromatic N) is 3. The third kappa shape index (κ3) is 4.76. The lowest BCUT2D eigenvalue weighted by Gasteiger charge is -2.11. The molecule has 0 aliphatic rings. The van der Waals surface area contributed by atoms with Crippen molar-refractivity contribution in [1.82, 2.24) is 15.3 Å². The summed E-state index contributed by atoms with van der Waals surface area (Å²) in [5.74, 6) is 1.09. The number of aromatic nitrogens is 2. The molecule has 1 heterocycles. The number of para-hydroxylation sites is 1. The molecule has 0 spiro atoms. The minimum Gasteiger partial charge on any atom is -0.484 e. The molecule has 6 heteroatoms. The van der Waals surface area contributed by atoms with Gasteiger partial charge in [-0.1, -0.05) is 18.2 Å². The van der Waals surface area contributed by atoms with Crippen LogP contribution in [-0.4, -0.2) is 36.6 Å². The predicted octanol–water partition coefficient (Wildman–Crippen LogP) is 1.24. The maximum atomic E-state index is 11.7. The van der Waals surface area contributed by atoms with Gasteiger partial charge < -0.3 is 15.0 Å². The van der Waals surface area contributed by atoms with Crippen LogP contribution in [0.15, 0.2) is 42.6 Å². The van der Waals surface area contributed by atoms with E-state index in [-0.39, 0.29) is 12.5 Å². The molecular weight excluding hydrogens is 268 g/mol. The molecular formula is C15H18N4O2. The van der Waals surface area contributed by atoms with Crippen LogP contribution in [0, 0.1) is 0 Å². The van der Waals surface area contributed by atoms with Crippen LogP contribution in [0.4, 0.5) is 5.95 Å². The van der Waals surface area contributed by atoms with Gasteiger partial charge in [0.2, 0.25) is 5.95 Å². The molecule has 0 atom stereocenters. The van der Waals surface area contributed by atoms with Crippen molar-refractivity contribution in [2.45, 2.75) is 6.54 Å². The monoisotopic (exact) mass is 286 g/mol. The lowest BCUT2D eigenvalue weighted by Crippen LogP contribution is -2.29. The predicted molar refractivity (Wildman–Crippen MR) is 80.1 cm³/mol. The van der Waals surface area contributed by atoms with E-state index in [1.807, 2.05) is 37.2 Å². The van der Waals surface area contributed by atoms with Gasteiger partial charge in [-0.3, -0.25) is 4.79 Å². The first-order valence-electron chi connectivity index (χ1n) is 6.59. The van der Waals surface area contributed by atoms with Crippen molar-refractivity contribution in [1.29, 1.82) is 0 Å². The number of nitrogens with one attached hydrogen (secondary N) is 1. The summed E-state index contributed by atoms with van der Waals surface area (Å²) in [7, 11) is 3.73. The van der Waals surface area contributed by atoms with E-state index in [1.165, 1.54) is 0 Å². The molecule has 6 nitrogen and oxygen atoms in total. The highest BCUT2D eigenvalue weighted by Gasteiger charge is 2.05. The Balaban J connectivity index is 1.80. The van der Waals surface area contributed by atoms with E-state index in [0.29, 0.717) is 18.2 Å². The van der Waals surface area contributed by atoms with Crippen molar-refractivity contribution >= 4 is 11.9 Å². The Labute approximate surface area is 123 Å². The summed E-state index contributed by atoms with van der Waals surface area (Å²) in [6.45, 7) is 0.329. The van der Waals surface area contributed by atoms with E-state index in [4.69, 9.17) is 4.74 Å². The van der Waals surface area contributed by atoms with Crippen LogP contribution in [0.2, 0.25) is 0 Å². The topological polar surface area (TPSA) is 67.4 Å². The van der Waals surface area contributed by atoms with Crippen LogP contribution in [0.1, 0.15) is 5.69 Å². The van der Waals surface area contributed by atoms with E-state index in [9.17, 15) is 4.79 Å². The summed E-state index contributed by atoms with van der Waals surface area (Å²) in [6.07, 6.45) is 1.67. The van der Waals surface area contributed by atoms with Crippen molar-refractivity contribution in [3.05, 3.63) is 48.3 Å². The molecule has 0 saturated carbocycles. The number of hydrogen-bond acceptors (Lipinski definition) is 5. The number of anilines is 1. The third-order valence-electron chi connectivity index (χ3n) is 2.68. The molecule has 0 bridgehead atoms. The van der Waals surface area contributed by atoms with E-state index in [0.717, 1.165) is 5.69 Å². The third-order valence-corrected chi connectivity index (χ3v) is 2.68. The minimum absolute atomic E-state index is 0.0182. The van der Waals surface area contributed by atoms with E-state index < -0.39 is 0 Å². The molecule has 2 rings (SSSR count). The first kappa shape index (κ1) is 14.8. The Morgan fingerprint density at radius 3 is 2.71 bits per heavy atom. The number of carbonyl (C=O) groups is 1. The zero-order chi connectivity index (χ0) is 15.1. The first-order valence-corrected chi connectivity index (χ1v) is 6.59. The standard InChI is InChI=1S/C15H18N4O2/c1-19(2)15-16-9-8-12(18-15)10-17-14(20)11-21-13-6-4-3-5-7-13/h3-9H,10-11H2,1-2H3,(H,17,20). The Hall–Kier alpha value is -2.63. The van der Waals surface area contributed by atoms with Crippen LogP contribution >= 0.6 is 0 Å².